The van der Waals surface area contributed by atoms with Crippen molar-refractivity contribution in [2.45, 2.75) is 18.6 Å². The molecule has 7 nitrogen and oxygen atoms in total. The molecule has 0 radical (unpaired) electrons. The Kier molecular flexibility index (Phi) is 7.49. The van der Waals surface area contributed by atoms with Crippen molar-refractivity contribution < 1.29 is 14.3 Å². The summed E-state index contributed by atoms with van der Waals surface area (Å²) in [5.41, 5.74) is 1.94. The van der Waals surface area contributed by atoms with Crippen molar-refractivity contribution in [1.29, 1.82) is 0 Å². The Labute approximate surface area is 201 Å². The normalized spacial score (nSPS) is 10.8. The number of nitrogens with one attached hydrogen (secondary N) is 1. The predicted molar refractivity (Wildman–Crippen MR) is 134 cm³/mol. The third-order valence-corrected chi connectivity index (χ3v) is 6.09. The van der Waals surface area contributed by atoms with Crippen LogP contribution in [-0.4, -0.2) is 34.9 Å². The molecule has 0 atom stereocenters. The lowest BCUT2D eigenvalue weighted by atomic mass is 10.2. The van der Waals surface area contributed by atoms with Gasteiger partial charge in [0.05, 0.1) is 36.1 Å². The highest BCUT2D eigenvalue weighted by Gasteiger charge is 2.15. The van der Waals surface area contributed by atoms with Crippen LogP contribution in [0.2, 0.25) is 0 Å². The van der Waals surface area contributed by atoms with E-state index in [4.69, 9.17) is 9.47 Å². The van der Waals surface area contributed by atoms with Gasteiger partial charge in [-0.2, -0.15) is 0 Å². The number of nitrogens with zero attached hydrogens (tertiary/aromatic N) is 2. The molecule has 0 saturated heterocycles. The number of aromatic nitrogens is 2. The monoisotopic (exact) mass is 475 g/mol. The Morgan fingerprint density at radius 3 is 2.53 bits per heavy atom. The molecular formula is C26H25N3O4S. The third-order valence-electron chi connectivity index (χ3n) is 5.15. The second kappa shape index (κ2) is 10.9. The molecule has 4 rings (SSSR count). The molecule has 174 valence electrons. The molecule has 0 unspecified atom stereocenters. The molecule has 0 aliphatic carbocycles. The number of thioether (sulfide) groups is 1. The number of rotatable bonds is 9. The molecule has 0 bridgehead atoms. The molecule has 1 amide bonds. The highest BCUT2D eigenvalue weighted by molar-refractivity contribution is 7.99. The first-order chi connectivity index (χ1) is 16.6. The van der Waals surface area contributed by atoms with E-state index in [0.29, 0.717) is 34.9 Å². The Hall–Kier alpha value is -3.78. The minimum absolute atomic E-state index is 0.108. The van der Waals surface area contributed by atoms with Crippen LogP contribution in [-0.2, 0) is 11.3 Å². The fourth-order valence-electron chi connectivity index (χ4n) is 3.52. The maximum atomic E-state index is 13.4. The first kappa shape index (κ1) is 23.4. The van der Waals surface area contributed by atoms with Crippen LogP contribution in [0.4, 0.5) is 0 Å². The largest absolute Gasteiger partial charge is 0.496 e. The number of ether oxygens (including phenoxy) is 2. The first-order valence-corrected chi connectivity index (χ1v) is 11.9. The van der Waals surface area contributed by atoms with Gasteiger partial charge in [-0.3, -0.25) is 14.2 Å². The minimum atomic E-state index is -0.188. The lowest BCUT2D eigenvalue weighted by Crippen LogP contribution is -2.26. The molecule has 0 spiro atoms. The van der Waals surface area contributed by atoms with E-state index in [1.54, 1.807) is 19.2 Å². The van der Waals surface area contributed by atoms with Crippen LogP contribution in [0, 0.1) is 0 Å². The topological polar surface area (TPSA) is 82.4 Å². The molecule has 0 aliphatic heterocycles. The fourth-order valence-corrected chi connectivity index (χ4v) is 4.36. The summed E-state index contributed by atoms with van der Waals surface area (Å²) in [6, 6.07) is 22.0. The molecule has 3 aromatic carbocycles. The van der Waals surface area contributed by atoms with Gasteiger partial charge < -0.3 is 14.8 Å². The lowest BCUT2D eigenvalue weighted by molar-refractivity contribution is -0.118. The van der Waals surface area contributed by atoms with Gasteiger partial charge in [-0.05, 0) is 49.4 Å². The van der Waals surface area contributed by atoms with Crippen molar-refractivity contribution in [3.05, 3.63) is 88.7 Å². The number of methoxy groups -OCH3 is 1. The molecule has 34 heavy (non-hydrogen) atoms. The lowest BCUT2D eigenvalue weighted by Gasteiger charge is -2.14. The highest BCUT2D eigenvalue weighted by Crippen LogP contribution is 2.23. The van der Waals surface area contributed by atoms with E-state index in [2.05, 4.69) is 10.3 Å². The van der Waals surface area contributed by atoms with E-state index in [9.17, 15) is 9.59 Å². The van der Waals surface area contributed by atoms with Crippen LogP contribution in [0.3, 0.4) is 0 Å². The van der Waals surface area contributed by atoms with E-state index < -0.39 is 0 Å². The number of para-hydroxylation sites is 2. The van der Waals surface area contributed by atoms with Crippen molar-refractivity contribution in [2.75, 3.05) is 19.5 Å². The Bertz CT molecular complexity index is 1350. The van der Waals surface area contributed by atoms with E-state index in [-0.39, 0.29) is 17.2 Å². The molecule has 1 heterocycles. The minimum Gasteiger partial charge on any atom is -0.496 e. The zero-order valence-corrected chi connectivity index (χ0v) is 19.8. The molecular weight excluding hydrogens is 450 g/mol. The maximum absolute atomic E-state index is 13.4. The maximum Gasteiger partial charge on any atom is 0.266 e. The van der Waals surface area contributed by atoms with Crippen LogP contribution in [0.1, 0.15) is 12.5 Å². The van der Waals surface area contributed by atoms with Crippen molar-refractivity contribution in [3.63, 3.8) is 0 Å². The van der Waals surface area contributed by atoms with Gasteiger partial charge in [-0.25, -0.2) is 4.98 Å². The highest BCUT2D eigenvalue weighted by atomic mass is 32.2. The van der Waals surface area contributed by atoms with Crippen molar-refractivity contribution in [1.82, 2.24) is 14.9 Å². The second-order valence-corrected chi connectivity index (χ2v) is 8.30. The summed E-state index contributed by atoms with van der Waals surface area (Å²) in [5, 5.41) is 3.86. The number of carbonyl (C=O) groups is 1. The average molecular weight is 476 g/mol. The van der Waals surface area contributed by atoms with Gasteiger partial charge >= 0.3 is 0 Å². The van der Waals surface area contributed by atoms with Crippen LogP contribution < -0.4 is 20.3 Å². The van der Waals surface area contributed by atoms with E-state index in [1.807, 2.05) is 67.6 Å². The zero-order chi connectivity index (χ0) is 23.9. The summed E-state index contributed by atoms with van der Waals surface area (Å²) < 4.78 is 12.4. The molecule has 1 aromatic heterocycles. The zero-order valence-electron chi connectivity index (χ0n) is 19.0. The number of hydrogen-bond acceptors (Lipinski definition) is 6. The molecule has 8 heteroatoms. The summed E-state index contributed by atoms with van der Waals surface area (Å²) in [4.78, 5) is 30.6. The summed E-state index contributed by atoms with van der Waals surface area (Å²) in [7, 11) is 1.60. The van der Waals surface area contributed by atoms with Gasteiger partial charge in [-0.15, -0.1) is 0 Å². The van der Waals surface area contributed by atoms with Gasteiger partial charge in [0.25, 0.3) is 5.56 Å². The smallest absolute Gasteiger partial charge is 0.266 e. The number of benzene rings is 3. The van der Waals surface area contributed by atoms with Gasteiger partial charge in [0.2, 0.25) is 5.91 Å². The summed E-state index contributed by atoms with van der Waals surface area (Å²) in [6.45, 7) is 2.82. The predicted octanol–water partition coefficient (Wildman–Crippen LogP) is 4.20. The molecule has 0 fully saturated rings. The Morgan fingerprint density at radius 2 is 1.76 bits per heavy atom. The fraction of sp³-hybridized carbons (Fsp3) is 0.192. The standard InChI is InChI=1S/C26H25N3O4S/c1-3-33-20-14-12-19(13-15-20)29-25(31)21-9-5-6-10-22(21)28-26(29)34-17-24(30)27-16-18-8-4-7-11-23(18)32-2/h4-15H,3,16-17H2,1-2H3,(H,27,30). The number of amides is 1. The molecule has 4 aromatic rings. The van der Waals surface area contributed by atoms with Crippen molar-refractivity contribution in [3.8, 4) is 17.2 Å². The van der Waals surface area contributed by atoms with E-state index in [1.165, 1.54) is 16.3 Å². The van der Waals surface area contributed by atoms with Crippen molar-refractivity contribution in [2.24, 2.45) is 0 Å². The van der Waals surface area contributed by atoms with Crippen LogP contribution >= 0.6 is 11.8 Å². The molecule has 1 N–H and O–H groups in total. The van der Waals surface area contributed by atoms with Gasteiger partial charge in [0, 0.05) is 12.1 Å². The van der Waals surface area contributed by atoms with Crippen LogP contribution in [0.5, 0.6) is 11.5 Å². The van der Waals surface area contributed by atoms with Crippen molar-refractivity contribution >= 4 is 28.6 Å². The van der Waals surface area contributed by atoms with Crippen LogP contribution in [0.15, 0.2) is 82.7 Å². The molecule has 0 saturated carbocycles. The summed E-state index contributed by atoms with van der Waals surface area (Å²) in [6.07, 6.45) is 0. The van der Waals surface area contributed by atoms with Crippen LogP contribution in [0.25, 0.3) is 16.6 Å². The van der Waals surface area contributed by atoms with E-state index in [0.717, 1.165) is 17.1 Å². The second-order valence-electron chi connectivity index (χ2n) is 7.36. The average Bonchev–Trinajstić information content (AvgIpc) is 2.87. The van der Waals surface area contributed by atoms with Gasteiger partial charge in [-0.1, -0.05) is 42.1 Å². The quantitative estimate of drug-likeness (QED) is 0.289. The summed E-state index contributed by atoms with van der Waals surface area (Å²) >= 11 is 1.22. The number of carbonyl (C=O) groups excluding carboxylic acids is 1. The van der Waals surface area contributed by atoms with E-state index >= 15 is 0 Å². The third kappa shape index (κ3) is 5.23. The SMILES string of the molecule is CCOc1ccc(-n2c(SCC(=O)NCc3ccccc3OC)nc3ccccc3c2=O)cc1. The number of fused-ring (bicyclic) bond motifs is 1. The van der Waals surface area contributed by atoms with Gasteiger partial charge in [0.15, 0.2) is 5.16 Å². The number of hydrogen-bond donors (Lipinski definition) is 1. The molecule has 0 aliphatic rings. The summed E-state index contributed by atoms with van der Waals surface area (Å²) in [5.74, 6) is 1.38. The Morgan fingerprint density at radius 1 is 1.03 bits per heavy atom. The first-order valence-electron chi connectivity index (χ1n) is 10.9. The Balaban J connectivity index is 1.58. The van der Waals surface area contributed by atoms with Gasteiger partial charge in [0.1, 0.15) is 11.5 Å².